The van der Waals surface area contributed by atoms with Crippen LogP contribution in [0, 0.1) is 0 Å². The molecule has 0 atom stereocenters. The minimum absolute atomic E-state index is 0.281. The first-order valence-electron chi connectivity index (χ1n) is 6.63. The molecule has 104 valence electrons. The quantitative estimate of drug-likeness (QED) is 0.800. The van der Waals surface area contributed by atoms with Crippen LogP contribution in [0.1, 0.15) is 39.3 Å². The molecule has 0 radical (unpaired) electrons. The zero-order valence-corrected chi connectivity index (χ0v) is 13.0. The number of hydrogen-bond acceptors (Lipinski definition) is 4. The highest BCUT2D eigenvalue weighted by Crippen LogP contribution is 2.32. The average Bonchev–Trinajstić information content (AvgIpc) is 2.67. The summed E-state index contributed by atoms with van der Waals surface area (Å²) in [6.45, 7) is 7.48. The van der Waals surface area contributed by atoms with Crippen molar-refractivity contribution in [3.63, 3.8) is 0 Å². The molecule has 1 aromatic rings. The van der Waals surface area contributed by atoms with Crippen LogP contribution in [0.15, 0.2) is 0 Å². The number of nitrogens with two attached hydrogens (primary N) is 1. The number of nitrogens with zero attached hydrogens (tertiary/aromatic N) is 2. The molecule has 0 fully saturated rings. The third-order valence-corrected chi connectivity index (χ3v) is 5.38. The van der Waals surface area contributed by atoms with Crippen LogP contribution in [0.2, 0.25) is 0 Å². The lowest BCUT2D eigenvalue weighted by Gasteiger charge is -2.30. The fourth-order valence-electron chi connectivity index (χ4n) is 2.17. The van der Waals surface area contributed by atoms with Crippen LogP contribution in [0.25, 0.3) is 0 Å². The summed E-state index contributed by atoms with van der Waals surface area (Å²) < 4.78 is 2.13. The second kappa shape index (κ2) is 6.36. The number of rotatable bonds is 7. The minimum atomic E-state index is 0.281. The number of nitrogen functional groups attached to an aromatic ring is 1. The van der Waals surface area contributed by atoms with E-state index >= 15 is 0 Å². The van der Waals surface area contributed by atoms with E-state index in [0.29, 0.717) is 0 Å². The Bertz CT molecular complexity index is 374. The van der Waals surface area contributed by atoms with Crippen LogP contribution in [0.3, 0.4) is 0 Å². The first-order chi connectivity index (χ1) is 8.53. The standard InChI is InChI=1S/C13H26N4S/c1-6-10-11(14)12(17(4)16-10)15-9-13(7-2,8-3)18-5/h15H,6-9,14H2,1-5H3. The largest absolute Gasteiger partial charge is 0.394 e. The van der Waals surface area contributed by atoms with Crippen molar-refractivity contribution in [2.45, 2.75) is 44.8 Å². The van der Waals surface area contributed by atoms with Crippen LogP contribution in [0.4, 0.5) is 11.5 Å². The fourth-order valence-corrected chi connectivity index (χ4v) is 2.97. The summed E-state index contributed by atoms with van der Waals surface area (Å²) in [6, 6.07) is 0. The molecule has 4 nitrogen and oxygen atoms in total. The molecule has 0 amide bonds. The summed E-state index contributed by atoms with van der Waals surface area (Å²) in [4.78, 5) is 0. The fraction of sp³-hybridized carbons (Fsp3) is 0.769. The van der Waals surface area contributed by atoms with Gasteiger partial charge in [-0.2, -0.15) is 16.9 Å². The van der Waals surface area contributed by atoms with E-state index in [-0.39, 0.29) is 4.75 Å². The number of thioether (sulfide) groups is 1. The number of aryl methyl sites for hydroxylation is 2. The highest BCUT2D eigenvalue weighted by atomic mass is 32.2. The lowest BCUT2D eigenvalue weighted by Crippen LogP contribution is -2.32. The molecule has 0 saturated carbocycles. The maximum Gasteiger partial charge on any atom is 0.147 e. The maximum atomic E-state index is 6.12. The number of hydrogen-bond donors (Lipinski definition) is 2. The Hall–Kier alpha value is -0.840. The maximum absolute atomic E-state index is 6.12. The van der Waals surface area contributed by atoms with E-state index in [4.69, 9.17) is 5.73 Å². The van der Waals surface area contributed by atoms with Crippen molar-refractivity contribution in [3.05, 3.63) is 5.69 Å². The summed E-state index contributed by atoms with van der Waals surface area (Å²) >= 11 is 1.93. The molecule has 0 unspecified atom stereocenters. The Balaban J connectivity index is 2.82. The van der Waals surface area contributed by atoms with Gasteiger partial charge in [0.05, 0.1) is 11.4 Å². The van der Waals surface area contributed by atoms with Gasteiger partial charge in [-0.05, 0) is 25.5 Å². The van der Waals surface area contributed by atoms with Gasteiger partial charge in [-0.15, -0.1) is 0 Å². The topological polar surface area (TPSA) is 55.9 Å². The molecule has 0 spiro atoms. The van der Waals surface area contributed by atoms with Crippen LogP contribution in [-0.4, -0.2) is 27.3 Å². The van der Waals surface area contributed by atoms with E-state index < -0.39 is 0 Å². The SMILES string of the molecule is CCc1nn(C)c(NCC(CC)(CC)SC)c1N. The molecule has 5 heteroatoms. The molecule has 0 saturated heterocycles. The van der Waals surface area contributed by atoms with Gasteiger partial charge < -0.3 is 11.1 Å². The predicted octanol–water partition coefficient (Wildman–Crippen LogP) is 2.90. The summed E-state index contributed by atoms with van der Waals surface area (Å²) in [5, 5.41) is 7.91. The Morgan fingerprint density at radius 3 is 2.33 bits per heavy atom. The summed E-state index contributed by atoms with van der Waals surface area (Å²) in [5.74, 6) is 0.951. The highest BCUT2D eigenvalue weighted by molar-refractivity contribution is 8.00. The summed E-state index contributed by atoms with van der Waals surface area (Å²) in [7, 11) is 1.94. The van der Waals surface area contributed by atoms with Crippen LogP contribution in [0.5, 0.6) is 0 Å². The second-order valence-electron chi connectivity index (χ2n) is 4.63. The van der Waals surface area contributed by atoms with Crippen LogP contribution < -0.4 is 11.1 Å². The second-order valence-corrected chi connectivity index (χ2v) is 5.91. The first-order valence-corrected chi connectivity index (χ1v) is 7.86. The van der Waals surface area contributed by atoms with Crippen LogP contribution in [-0.2, 0) is 13.5 Å². The molecule has 0 bridgehead atoms. The van der Waals surface area contributed by atoms with E-state index in [1.807, 2.05) is 23.5 Å². The normalized spacial score (nSPS) is 11.8. The number of nitrogens with one attached hydrogen (secondary N) is 1. The zero-order chi connectivity index (χ0) is 13.8. The van der Waals surface area contributed by atoms with Gasteiger partial charge in [0.25, 0.3) is 0 Å². The van der Waals surface area contributed by atoms with E-state index in [0.717, 1.165) is 43.0 Å². The van der Waals surface area contributed by atoms with E-state index in [1.54, 1.807) is 0 Å². The van der Waals surface area contributed by atoms with Crippen molar-refractivity contribution in [1.82, 2.24) is 9.78 Å². The summed E-state index contributed by atoms with van der Waals surface area (Å²) in [5.41, 5.74) is 7.88. The van der Waals surface area contributed by atoms with E-state index in [1.165, 1.54) is 0 Å². The van der Waals surface area contributed by atoms with Crippen molar-refractivity contribution in [2.75, 3.05) is 23.9 Å². The number of anilines is 2. The third kappa shape index (κ3) is 2.94. The minimum Gasteiger partial charge on any atom is -0.394 e. The van der Waals surface area contributed by atoms with Gasteiger partial charge in [-0.1, -0.05) is 20.8 Å². The number of aromatic nitrogens is 2. The smallest absolute Gasteiger partial charge is 0.147 e. The van der Waals surface area contributed by atoms with Gasteiger partial charge >= 0.3 is 0 Å². The Morgan fingerprint density at radius 1 is 1.33 bits per heavy atom. The van der Waals surface area contributed by atoms with Crippen molar-refractivity contribution < 1.29 is 0 Å². The lowest BCUT2D eigenvalue weighted by atomic mass is 10.0. The molecule has 1 aromatic heterocycles. The molecule has 0 aliphatic carbocycles. The van der Waals surface area contributed by atoms with Crippen molar-refractivity contribution >= 4 is 23.3 Å². The van der Waals surface area contributed by atoms with Gasteiger partial charge in [0.2, 0.25) is 0 Å². The molecule has 0 aromatic carbocycles. The van der Waals surface area contributed by atoms with Gasteiger partial charge in [-0.25, -0.2) is 0 Å². The van der Waals surface area contributed by atoms with Crippen molar-refractivity contribution in [1.29, 1.82) is 0 Å². The molecule has 18 heavy (non-hydrogen) atoms. The Labute approximate surface area is 115 Å². The van der Waals surface area contributed by atoms with Gasteiger partial charge in [0.15, 0.2) is 0 Å². The van der Waals surface area contributed by atoms with Crippen molar-refractivity contribution in [3.8, 4) is 0 Å². The van der Waals surface area contributed by atoms with E-state index in [9.17, 15) is 0 Å². The predicted molar refractivity (Wildman–Crippen MR) is 82.3 cm³/mol. The molecule has 0 aliphatic heterocycles. The highest BCUT2D eigenvalue weighted by Gasteiger charge is 2.25. The monoisotopic (exact) mass is 270 g/mol. The molecule has 0 aliphatic rings. The third-order valence-electron chi connectivity index (χ3n) is 3.79. The zero-order valence-electron chi connectivity index (χ0n) is 12.2. The Morgan fingerprint density at radius 2 is 1.94 bits per heavy atom. The Kier molecular flexibility index (Phi) is 5.38. The molecule has 3 N–H and O–H groups in total. The lowest BCUT2D eigenvalue weighted by molar-refractivity contribution is 0.571. The van der Waals surface area contributed by atoms with Crippen molar-refractivity contribution in [2.24, 2.45) is 7.05 Å². The molecule has 1 heterocycles. The van der Waals surface area contributed by atoms with Gasteiger partial charge in [-0.3, -0.25) is 4.68 Å². The van der Waals surface area contributed by atoms with Crippen LogP contribution >= 0.6 is 11.8 Å². The van der Waals surface area contributed by atoms with E-state index in [2.05, 4.69) is 37.4 Å². The molecular formula is C13H26N4S. The first kappa shape index (κ1) is 15.2. The molecule has 1 rings (SSSR count). The molecular weight excluding hydrogens is 244 g/mol. The summed E-state index contributed by atoms with van der Waals surface area (Å²) in [6.07, 6.45) is 5.35. The van der Waals surface area contributed by atoms with Gasteiger partial charge in [0, 0.05) is 18.3 Å². The van der Waals surface area contributed by atoms with Gasteiger partial charge in [0.1, 0.15) is 5.82 Å². The average molecular weight is 270 g/mol.